The third-order valence-corrected chi connectivity index (χ3v) is 10.1. The normalized spacial score (nSPS) is 20.8. The van der Waals surface area contributed by atoms with Crippen LogP contribution in [0.5, 0.6) is 5.75 Å². The molecule has 1 aromatic heterocycles. The Labute approximate surface area is 242 Å². The quantitative estimate of drug-likeness (QED) is 0.387. The summed E-state index contributed by atoms with van der Waals surface area (Å²) >= 11 is 0. The number of aromatic nitrogens is 1. The van der Waals surface area contributed by atoms with Gasteiger partial charge in [0.2, 0.25) is 0 Å². The molecular formula is C31H38N4O5S. The lowest BCUT2D eigenvalue weighted by Gasteiger charge is -2.41. The minimum absolute atomic E-state index is 0.148. The van der Waals surface area contributed by atoms with E-state index in [2.05, 4.69) is 10.3 Å². The first-order chi connectivity index (χ1) is 20.0. The molecule has 9 nitrogen and oxygen atoms in total. The van der Waals surface area contributed by atoms with Gasteiger partial charge in [-0.2, -0.15) is 17.0 Å². The molecule has 1 saturated carbocycles. The number of rotatable bonds is 10. The van der Waals surface area contributed by atoms with Crippen LogP contribution in [0.4, 0.5) is 0 Å². The average molecular weight is 579 g/mol. The van der Waals surface area contributed by atoms with Crippen molar-refractivity contribution in [2.24, 2.45) is 5.92 Å². The fourth-order valence-electron chi connectivity index (χ4n) is 5.88. The minimum atomic E-state index is -3.71. The molecule has 0 spiro atoms. The number of morpholine rings is 1. The molecule has 0 bridgehead atoms. The number of hydrogen-bond acceptors (Lipinski definition) is 6. The highest BCUT2D eigenvalue weighted by Gasteiger charge is 2.39. The van der Waals surface area contributed by atoms with E-state index in [1.54, 1.807) is 29.7 Å². The number of carbonyl (C=O) groups is 1. The van der Waals surface area contributed by atoms with Gasteiger partial charge >= 0.3 is 0 Å². The molecule has 1 aliphatic heterocycles. The summed E-state index contributed by atoms with van der Waals surface area (Å²) in [5.74, 6) is 0.485. The van der Waals surface area contributed by atoms with Crippen LogP contribution < -0.4 is 10.1 Å². The van der Waals surface area contributed by atoms with E-state index in [9.17, 15) is 13.2 Å². The zero-order valence-electron chi connectivity index (χ0n) is 23.4. The first-order valence-corrected chi connectivity index (χ1v) is 15.6. The van der Waals surface area contributed by atoms with Crippen LogP contribution in [0.1, 0.15) is 53.3 Å². The summed E-state index contributed by atoms with van der Waals surface area (Å²) in [5, 5.41) is 3.28. The largest absolute Gasteiger partial charge is 0.496 e. The lowest BCUT2D eigenvalue weighted by Crippen LogP contribution is -2.52. The summed E-state index contributed by atoms with van der Waals surface area (Å²) in [6.45, 7) is 1.72. The Balaban J connectivity index is 1.35. The fourth-order valence-corrected chi connectivity index (χ4v) is 7.67. The molecule has 1 N–H and O–H groups in total. The zero-order valence-corrected chi connectivity index (χ0v) is 24.2. The molecule has 0 radical (unpaired) electrons. The fraction of sp³-hybridized carbons (Fsp3) is 0.419. The third-order valence-electron chi connectivity index (χ3n) is 8.05. The van der Waals surface area contributed by atoms with Crippen molar-refractivity contribution in [3.8, 4) is 5.75 Å². The van der Waals surface area contributed by atoms with Crippen molar-refractivity contribution in [2.45, 2.75) is 44.3 Å². The van der Waals surface area contributed by atoms with Crippen LogP contribution in [0.25, 0.3) is 0 Å². The molecule has 2 aromatic carbocycles. The van der Waals surface area contributed by atoms with Crippen LogP contribution in [0.2, 0.25) is 0 Å². The molecule has 1 saturated heterocycles. The van der Waals surface area contributed by atoms with Crippen LogP contribution in [0.3, 0.4) is 0 Å². The zero-order chi connectivity index (χ0) is 28.7. The van der Waals surface area contributed by atoms with Crippen molar-refractivity contribution < 1.29 is 22.7 Å². The van der Waals surface area contributed by atoms with E-state index in [0.717, 1.165) is 24.1 Å². The van der Waals surface area contributed by atoms with Crippen LogP contribution in [0.15, 0.2) is 79.0 Å². The maximum Gasteiger partial charge on any atom is 0.282 e. The summed E-state index contributed by atoms with van der Waals surface area (Å²) in [6.07, 6.45) is 4.62. The van der Waals surface area contributed by atoms with Gasteiger partial charge in [-0.3, -0.25) is 9.78 Å². The molecule has 3 aromatic rings. The third kappa shape index (κ3) is 6.95. The number of amides is 1. The molecular weight excluding hydrogens is 540 g/mol. The van der Waals surface area contributed by atoms with Gasteiger partial charge in [0.25, 0.3) is 16.1 Å². The smallest absolute Gasteiger partial charge is 0.282 e. The lowest BCUT2D eigenvalue weighted by atomic mass is 9.79. The molecule has 2 heterocycles. The molecule has 1 amide bonds. The van der Waals surface area contributed by atoms with E-state index in [-0.39, 0.29) is 30.5 Å². The monoisotopic (exact) mass is 578 g/mol. The highest BCUT2D eigenvalue weighted by Crippen LogP contribution is 2.38. The predicted molar refractivity (Wildman–Crippen MR) is 156 cm³/mol. The van der Waals surface area contributed by atoms with Gasteiger partial charge in [0.05, 0.1) is 44.2 Å². The van der Waals surface area contributed by atoms with Gasteiger partial charge in [-0.1, -0.05) is 48.5 Å². The lowest BCUT2D eigenvalue weighted by molar-refractivity contribution is 0.0673. The van der Waals surface area contributed by atoms with Crippen LogP contribution in [0, 0.1) is 5.92 Å². The highest BCUT2D eigenvalue weighted by atomic mass is 32.2. The van der Waals surface area contributed by atoms with Gasteiger partial charge in [-0.05, 0) is 61.4 Å². The molecule has 41 heavy (non-hydrogen) atoms. The Morgan fingerprint density at radius 2 is 1.68 bits per heavy atom. The maximum absolute atomic E-state index is 13.9. The van der Waals surface area contributed by atoms with Crippen LogP contribution in [-0.2, 0) is 21.5 Å². The highest BCUT2D eigenvalue weighted by molar-refractivity contribution is 7.86. The number of pyridine rings is 1. The van der Waals surface area contributed by atoms with E-state index in [1.807, 2.05) is 60.7 Å². The molecule has 2 aliphatic rings. The second-order valence-corrected chi connectivity index (χ2v) is 12.4. The number of ether oxygens (including phenoxy) is 2. The van der Waals surface area contributed by atoms with Crippen molar-refractivity contribution in [3.05, 3.63) is 95.8 Å². The Kier molecular flexibility index (Phi) is 9.66. The van der Waals surface area contributed by atoms with E-state index in [1.165, 1.54) is 4.31 Å². The first-order valence-electron chi connectivity index (χ1n) is 14.2. The van der Waals surface area contributed by atoms with Gasteiger partial charge < -0.3 is 14.8 Å². The van der Waals surface area contributed by atoms with Crippen molar-refractivity contribution >= 4 is 16.1 Å². The Morgan fingerprint density at radius 3 is 2.37 bits per heavy atom. The van der Waals surface area contributed by atoms with Crippen molar-refractivity contribution in [3.63, 3.8) is 0 Å². The minimum Gasteiger partial charge on any atom is -0.496 e. The summed E-state index contributed by atoms with van der Waals surface area (Å²) in [5.41, 5.74) is 2.24. The van der Waals surface area contributed by atoms with Gasteiger partial charge in [0.1, 0.15) is 5.75 Å². The van der Waals surface area contributed by atoms with Crippen molar-refractivity contribution in [1.29, 1.82) is 0 Å². The van der Waals surface area contributed by atoms with E-state index in [4.69, 9.17) is 9.47 Å². The summed E-state index contributed by atoms with van der Waals surface area (Å²) in [6, 6.07) is 22.4. The SMILES string of the molecule is COc1ccccc1C(=O)NC(c1ccccc1)C1CCC(N(Cc2ccccn2)S(=O)(=O)N2CCOCC2)CC1. The molecule has 10 heteroatoms. The van der Waals surface area contributed by atoms with Gasteiger partial charge in [0, 0.05) is 25.3 Å². The number of carbonyl (C=O) groups excluding carboxylic acids is 1. The van der Waals surface area contributed by atoms with E-state index >= 15 is 0 Å². The first kappa shape index (κ1) is 29.2. The topological polar surface area (TPSA) is 101 Å². The predicted octanol–water partition coefficient (Wildman–Crippen LogP) is 4.20. The number of hydrogen-bond donors (Lipinski definition) is 1. The summed E-state index contributed by atoms with van der Waals surface area (Å²) in [7, 11) is -2.15. The van der Waals surface area contributed by atoms with Crippen molar-refractivity contribution in [2.75, 3.05) is 33.4 Å². The molecule has 5 rings (SSSR count). The Bertz CT molecular complexity index is 1380. The standard InChI is InChI=1S/C31H38N4O5S/c1-39-29-13-6-5-12-28(29)31(36)33-30(24-9-3-2-4-10-24)25-14-16-27(17-15-25)35(23-26-11-7-8-18-32-26)41(37,38)34-19-21-40-22-20-34/h2-13,18,25,27,30H,14-17,19-23H2,1H3,(H,33,36). The number of nitrogens with one attached hydrogen (secondary N) is 1. The van der Waals surface area contributed by atoms with Gasteiger partial charge in [-0.25, -0.2) is 0 Å². The van der Waals surface area contributed by atoms with Gasteiger partial charge in [-0.15, -0.1) is 0 Å². The molecule has 2 fully saturated rings. The van der Waals surface area contributed by atoms with Crippen LogP contribution in [-0.4, -0.2) is 67.4 Å². The Morgan fingerprint density at radius 1 is 1.00 bits per heavy atom. The van der Waals surface area contributed by atoms with E-state index in [0.29, 0.717) is 50.5 Å². The number of benzene rings is 2. The second kappa shape index (κ2) is 13.6. The van der Waals surface area contributed by atoms with Crippen LogP contribution >= 0.6 is 0 Å². The second-order valence-electron chi connectivity index (χ2n) is 10.5. The maximum atomic E-state index is 13.9. The number of para-hydroxylation sites is 1. The number of nitrogens with zero attached hydrogens (tertiary/aromatic N) is 3. The Hall–Kier alpha value is -3.31. The van der Waals surface area contributed by atoms with Gasteiger partial charge in [0.15, 0.2) is 0 Å². The van der Waals surface area contributed by atoms with Crippen molar-refractivity contribution in [1.82, 2.24) is 18.9 Å². The molecule has 1 atom stereocenters. The summed E-state index contributed by atoms with van der Waals surface area (Å²) in [4.78, 5) is 17.9. The number of methoxy groups -OCH3 is 1. The average Bonchev–Trinajstić information content (AvgIpc) is 3.04. The summed E-state index contributed by atoms with van der Waals surface area (Å²) < 4.78 is 41.8. The molecule has 1 aliphatic carbocycles. The van der Waals surface area contributed by atoms with E-state index < -0.39 is 10.2 Å². The molecule has 218 valence electrons. The molecule has 1 unspecified atom stereocenters.